The van der Waals surface area contributed by atoms with Gasteiger partial charge >= 0.3 is 0 Å². The lowest BCUT2D eigenvalue weighted by Gasteiger charge is -2.19. The molecular weight excluding hydrogens is 422 g/mol. The first-order valence-electron chi connectivity index (χ1n) is 7.90. The van der Waals surface area contributed by atoms with Crippen LogP contribution < -0.4 is 5.32 Å². The van der Waals surface area contributed by atoms with Crippen molar-refractivity contribution in [2.24, 2.45) is 5.41 Å². The molecule has 33 heavy (non-hydrogen) atoms. The highest BCUT2D eigenvalue weighted by atomic mass is 16.6. The minimum atomic E-state index is -0.207. The van der Waals surface area contributed by atoms with Crippen LogP contribution in [0.5, 0.6) is 0 Å². The van der Waals surface area contributed by atoms with Crippen molar-refractivity contribution in [2.75, 3.05) is 60.6 Å². The van der Waals surface area contributed by atoms with Crippen molar-refractivity contribution in [1.82, 2.24) is 5.32 Å². The molecule has 0 aliphatic heterocycles. The molecule has 7 nitrogen and oxygen atoms in total. The van der Waals surface area contributed by atoms with Crippen molar-refractivity contribution in [3.05, 3.63) is 0 Å². The molecule has 1 N–H and O–H groups in total. The van der Waals surface area contributed by atoms with Gasteiger partial charge in [-0.2, -0.15) is 0 Å². The van der Waals surface area contributed by atoms with E-state index >= 15 is 0 Å². The molecule has 0 aromatic carbocycles. The zero-order valence-electron chi connectivity index (χ0n) is 15.2. The van der Waals surface area contributed by atoms with E-state index in [4.69, 9.17) is 23.7 Å². The minimum absolute atomic E-state index is 0. The van der Waals surface area contributed by atoms with Crippen LogP contribution in [0.25, 0.3) is 0 Å². The van der Waals surface area contributed by atoms with Crippen molar-refractivity contribution < 1.29 is 28.5 Å². The molecule has 0 aromatic heterocycles. The van der Waals surface area contributed by atoms with Gasteiger partial charge < -0.3 is 29.0 Å². The number of hydrogen-bond donors (Lipinski definition) is 1. The maximum absolute atomic E-state index is 11.7. The quantitative estimate of drug-likeness (QED) is 0.198. The van der Waals surface area contributed by atoms with Crippen LogP contribution in [-0.2, 0) is 28.5 Å². The molecule has 0 heterocycles. The van der Waals surface area contributed by atoms with Gasteiger partial charge in [-0.05, 0) is 5.41 Å². The molecule has 0 fully saturated rings. The molecule has 1 amide bonds. The highest BCUT2D eigenvalue weighted by molar-refractivity contribution is 5.76. The van der Waals surface area contributed by atoms with Gasteiger partial charge in [0.25, 0.3) is 0 Å². The Morgan fingerprint density at radius 1 is 0.697 bits per heavy atom. The minimum Gasteiger partial charge on any atom is -0.382 e. The first-order valence-corrected chi connectivity index (χ1v) is 7.90. The largest absolute Gasteiger partial charge is 0.382 e. The lowest BCUT2D eigenvalue weighted by Crippen LogP contribution is -2.33. The molecule has 1 atom stereocenters. The predicted octanol–water partition coefficient (Wildman–Crippen LogP) is 7.57. The number of carbonyl (C=O) groups is 1. The van der Waals surface area contributed by atoms with Crippen molar-refractivity contribution in [3.8, 4) is 0 Å². The van der Waals surface area contributed by atoms with Crippen LogP contribution in [0.15, 0.2) is 0 Å². The van der Waals surface area contributed by atoms with E-state index in [-0.39, 0.29) is 98.4 Å². The first-order chi connectivity index (χ1) is 10.9. The summed E-state index contributed by atoms with van der Waals surface area (Å²) >= 11 is 0. The van der Waals surface area contributed by atoms with E-state index in [1.807, 2.05) is 20.8 Å². The second-order valence-electron chi connectivity index (χ2n) is 6.41. The summed E-state index contributed by atoms with van der Waals surface area (Å²) in [6.45, 7) is 8.98. The Labute approximate surface area is 213 Å². The number of amides is 1. The number of carbonyl (C=O) groups excluding carboxylic acids is 1. The van der Waals surface area contributed by atoms with Crippen LogP contribution in [0.1, 0.15) is 101 Å². The van der Waals surface area contributed by atoms with Gasteiger partial charge in [-0.25, -0.2) is 0 Å². The summed E-state index contributed by atoms with van der Waals surface area (Å²) in [5, 5.41) is 2.74. The molecule has 0 aliphatic rings. The van der Waals surface area contributed by atoms with Gasteiger partial charge in [0.1, 0.15) is 12.8 Å². The third kappa shape index (κ3) is 54.0. The molecule has 7 heteroatoms. The monoisotopic (exact) mass is 496 g/mol. The SMILES string of the molecule is C.C.C.C.C.C.C.C.C.C.COCCOCC(COCNC(=O)CC(C)(C)C)OCCOC. The lowest BCUT2D eigenvalue weighted by atomic mass is 9.92. The van der Waals surface area contributed by atoms with Crippen LogP contribution >= 0.6 is 0 Å². The zero-order chi connectivity index (χ0) is 17.6. The average molecular weight is 496 g/mol. The van der Waals surface area contributed by atoms with Crippen LogP contribution in [-0.4, -0.2) is 72.6 Å². The van der Waals surface area contributed by atoms with E-state index in [0.29, 0.717) is 46.1 Å². The van der Waals surface area contributed by atoms with Crippen LogP contribution in [0.4, 0.5) is 0 Å². The van der Waals surface area contributed by atoms with Gasteiger partial charge in [-0.15, -0.1) is 0 Å². The fourth-order valence-corrected chi connectivity index (χ4v) is 1.67. The Kier molecular flexibility index (Phi) is 94.8. The zero-order valence-corrected chi connectivity index (χ0v) is 15.2. The Morgan fingerprint density at radius 2 is 1.12 bits per heavy atom. The van der Waals surface area contributed by atoms with Gasteiger partial charge in [0, 0.05) is 20.6 Å². The Balaban J connectivity index is -0.0000000538. The van der Waals surface area contributed by atoms with Gasteiger partial charge in [0.05, 0.1) is 39.6 Å². The van der Waals surface area contributed by atoms with Crippen LogP contribution in [0, 0.1) is 5.41 Å². The predicted molar refractivity (Wildman–Crippen MR) is 155 cm³/mol. The summed E-state index contributed by atoms with van der Waals surface area (Å²) in [7, 11) is 3.24. The lowest BCUT2D eigenvalue weighted by molar-refractivity contribution is -0.125. The molecule has 0 saturated heterocycles. The fourth-order valence-electron chi connectivity index (χ4n) is 1.67. The third-order valence-electron chi connectivity index (χ3n) is 2.74. The summed E-state index contributed by atoms with van der Waals surface area (Å²) in [5.74, 6) is -0.0225. The molecule has 0 spiro atoms. The Bertz CT molecular complexity index is 297. The first kappa shape index (κ1) is 69.7. The third-order valence-corrected chi connectivity index (χ3v) is 2.74. The fraction of sp³-hybridized carbons (Fsp3) is 0.962. The molecule has 218 valence electrons. The molecule has 0 radical (unpaired) electrons. The number of nitrogens with one attached hydrogen (secondary N) is 1. The number of methoxy groups -OCH3 is 2. The molecule has 0 saturated carbocycles. The van der Waals surface area contributed by atoms with Gasteiger partial charge in [-0.1, -0.05) is 95.0 Å². The average Bonchev–Trinajstić information content (AvgIpc) is 2.45. The maximum Gasteiger partial charge on any atom is 0.222 e. The molecule has 0 aliphatic carbocycles. The highest BCUT2D eigenvalue weighted by Gasteiger charge is 2.16. The summed E-state index contributed by atoms with van der Waals surface area (Å²) in [6.07, 6.45) is 0.256. The van der Waals surface area contributed by atoms with Crippen molar-refractivity contribution in [2.45, 2.75) is 108 Å². The van der Waals surface area contributed by atoms with Crippen LogP contribution in [0.2, 0.25) is 0 Å². The number of rotatable bonds is 14. The van der Waals surface area contributed by atoms with E-state index in [9.17, 15) is 4.79 Å². The Hall–Kier alpha value is -0.730. The van der Waals surface area contributed by atoms with Crippen LogP contribution in [0.3, 0.4) is 0 Å². The standard InChI is InChI=1S/C16H33NO6.10CH4/c1-16(2,3)10-15(18)17-13-22-12-14(23-9-7-20-5)11-21-8-6-19-4;;;;;;;;;;/h14H,6-13H2,1-5H3,(H,17,18);10*1H4. The van der Waals surface area contributed by atoms with Crippen molar-refractivity contribution in [3.63, 3.8) is 0 Å². The molecule has 0 bridgehead atoms. The number of ether oxygens (including phenoxy) is 5. The summed E-state index contributed by atoms with van der Waals surface area (Å²) in [5.41, 5.74) is -0.0366. The molecule has 0 aromatic rings. The van der Waals surface area contributed by atoms with E-state index in [0.717, 1.165) is 0 Å². The van der Waals surface area contributed by atoms with Gasteiger partial charge in [0.15, 0.2) is 0 Å². The summed E-state index contributed by atoms with van der Waals surface area (Å²) < 4.78 is 26.4. The molecule has 0 rings (SSSR count). The van der Waals surface area contributed by atoms with E-state index < -0.39 is 0 Å². The number of hydrogen-bond acceptors (Lipinski definition) is 6. The van der Waals surface area contributed by atoms with Crippen molar-refractivity contribution in [1.29, 1.82) is 0 Å². The second-order valence-corrected chi connectivity index (χ2v) is 6.41. The summed E-state index contributed by atoms with van der Waals surface area (Å²) in [4.78, 5) is 11.7. The highest BCUT2D eigenvalue weighted by Crippen LogP contribution is 2.17. The van der Waals surface area contributed by atoms with E-state index in [1.54, 1.807) is 14.2 Å². The topological polar surface area (TPSA) is 75.2 Å². The normalized spacial score (nSPS) is 9.12. The summed E-state index contributed by atoms with van der Waals surface area (Å²) in [6, 6.07) is 0. The Morgan fingerprint density at radius 3 is 1.55 bits per heavy atom. The molecule has 1 unspecified atom stereocenters. The second kappa shape index (κ2) is 44.9. The van der Waals surface area contributed by atoms with Gasteiger partial charge in [0.2, 0.25) is 5.91 Å². The van der Waals surface area contributed by atoms with Gasteiger partial charge in [-0.3, -0.25) is 4.79 Å². The maximum atomic E-state index is 11.7. The van der Waals surface area contributed by atoms with E-state index in [1.165, 1.54) is 0 Å². The van der Waals surface area contributed by atoms with Crippen molar-refractivity contribution >= 4 is 5.91 Å². The molecular formula is C26H73NO6. The smallest absolute Gasteiger partial charge is 0.222 e. The van der Waals surface area contributed by atoms with E-state index in [2.05, 4.69) is 5.32 Å².